The van der Waals surface area contributed by atoms with Gasteiger partial charge in [-0.15, -0.1) is 11.3 Å². The summed E-state index contributed by atoms with van der Waals surface area (Å²) in [7, 11) is -5.57. The number of ether oxygens (including phenoxy) is 3. The first-order valence-electron chi connectivity index (χ1n) is 20.8. The van der Waals surface area contributed by atoms with E-state index in [4.69, 9.17) is 23.3 Å². The zero-order valence-electron chi connectivity index (χ0n) is 35.0. The highest BCUT2D eigenvalue weighted by molar-refractivity contribution is 7.54. The number of fused-ring (bicyclic) bond motifs is 3. The smallest absolute Gasteiger partial charge is 0.410 e. The molecule has 18 heteroatoms. The number of esters is 2. The highest BCUT2D eigenvalue weighted by Gasteiger charge is 2.56. The van der Waals surface area contributed by atoms with Crippen LogP contribution in [0.3, 0.4) is 0 Å². The van der Waals surface area contributed by atoms with Gasteiger partial charge in [0, 0.05) is 42.6 Å². The Bertz CT molecular complexity index is 2000. The number of likely N-dealkylation sites (tertiary alicyclic amines) is 1. The van der Waals surface area contributed by atoms with Gasteiger partial charge in [-0.3, -0.25) is 37.6 Å². The Hall–Kier alpha value is -3.50. The highest BCUT2D eigenvalue weighted by atomic mass is 32.1. The predicted octanol–water partition coefficient (Wildman–Crippen LogP) is 7.04. The van der Waals surface area contributed by atoms with Crippen LogP contribution in [0.5, 0.6) is 0 Å². The molecule has 4 saturated heterocycles. The van der Waals surface area contributed by atoms with Crippen molar-refractivity contribution in [3.8, 4) is 0 Å². The molecule has 5 heterocycles. The summed E-state index contributed by atoms with van der Waals surface area (Å²) >= 11 is 1.04. The molecule has 60 heavy (non-hydrogen) atoms. The van der Waals surface area contributed by atoms with Crippen molar-refractivity contribution in [2.45, 2.75) is 110 Å². The van der Waals surface area contributed by atoms with Crippen LogP contribution in [0, 0.1) is 34.5 Å². The second kappa shape index (κ2) is 17.0. The van der Waals surface area contributed by atoms with E-state index in [9.17, 15) is 28.5 Å². The van der Waals surface area contributed by atoms with Crippen LogP contribution in [0.4, 0.5) is 8.78 Å². The lowest BCUT2D eigenvalue weighted by atomic mass is 9.80. The van der Waals surface area contributed by atoms with E-state index in [1.165, 1.54) is 53.7 Å². The molecule has 0 spiro atoms. The minimum atomic E-state index is -5.57. The number of carbonyl (C=O) groups excluding carboxylic acids is 5. The lowest BCUT2D eigenvalue weighted by molar-refractivity contribution is -0.163. The first kappa shape index (κ1) is 44.6. The number of thiophene rings is 1. The van der Waals surface area contributed by atoms with Gasteiger partial charge in [-0.25, -0.2) is 0 Å². The average Bonchev–Trinajstić information content (AvgIpc) is 3.52. The molecular weight excluding hydrogens is 824 g/mol. The number of alkyl halides is 2. The quantitative estimate of drug-likeness (QED) is 0.132. The first-order chi connectivity index (χ1) is 28.2. The third kappa shape index (κ3) is 9.30. The predicted molar refractivity (Wildman–Crippen MR) is 216 cm³/mol. The number of rotatable bonds is 12. The number of carbonyl (C=O) groups is 5. The fourth-order valence-corrected chi connectivity index (χ4v) is 10.9. The van der Waals surface area contributed by atoms with Crippen molar-refractivity contribution in [3.63, 3.8) is 0 Å². The second-order valence-electron chi connectivity index (χ2n) is 19.0. The van der Waals surface area contributed by atoms with Gasteiger partial charge < -0.3 is 29.3 Å². The molecule has 7 rings (SSSR count). The van der Waals surface area contributed by atoms with Gasteiger partial charge in [0.05, 0.1) is 15.7 Å². The topological polar surface area (TPSA) is 167 Å². The number of amides is 3. The van der Waals surface area contributed by atoms with E-state index in [0.29, 0.717) is 48.4 Å². The number of hydrogen-bond donors (Lipinski definition) is 1. The molecule has 0 radical (unpaired) electrons. The molecule has 2 aromatic rings. The summed E-state index contributed by atoms with van der Waals surface area (Å²) in [5.41, 5.74) is -7.17. The maximum atomic E-state index is 16.3. The molecule has 1 aromatic heterocycles. The Labute approximate surface area is 352 Å². The standard InChI is InChI=1S/C42H56F2N3O11PS/c1-40(2,3)38(51)55-22-57-59(53,58-23-56-39(52)41(4,5)6)42(43,44)29-7-10-33-27(16-29)19-34(60-33)35(48)45-31-18-26-15-25(26)17-30-8-9-32(47(30)36(31)49)37(50)46-20-28(21-46)24-11-13-54-14-12-24/h7,10,16,19,24-26,28,30-32H,8-9,11-15,17-18,20-23H2,1-6H3,(H,45,48)/t25-,26+,30-,31+,32+/m1/s1. The van der Waals surface area contributed by atoms with Crippen molar-refractivity contribution >= 4 is 58.7 Å². The lowest BCUT2D eigenvalue weighted by Crippen LogP contribution is -2.61. The average molecular weight is 880 g/mol. The van der Waals surface area contributed by atoms with Gasteiger partial charge in [-0.05, 0) is 134 Å². The van der Waals surface area contributed by atoms with Crippen LogP contribution in [0.2, 0.25) is 0 Å². The minimum absolute atomic E-state index is 0.0264. The molecule has 5 fully saturated rings. The maximum absolute atomic E-state index is 16.3. The molecule has 4 aliphatic heterocycles. The number of halogens is 2. The molecule has 14 nitrogen and oxygen atoms in total. The van der Waals surface area contributed by atoms with Gasteiger partial charge in [0.15, 0.2) is 0 Å². The Balaban J connectivity index is 1.05. The van der Waals surface area contributed by atoms with E-state index in [1.807, 2.05) is 4.90 Å². The van der Waals surface area contributed by atoms with Crippen LogP contribution < -0.4 is 5.32 Å². The van der Waals surface area contributed by atoms with Crippen LogP contribution in [0.25, 0.3) is 10.1 Å². The Morgan fingerprint density at radius 3 is 2.07 bits per heavy atom. The zero-order chi connectivity index (χ0) is 43.4. The molecule has 1 aliphatic carbocycles. The molecule has 5 atom stereocenters. The van der Waals surface area contributed by atoms with Gasteiger partial charge in [-0.1, -0.05) is 6.07 Å². The summed E-state index contributed by atoms with van der Waals surface area (Å²) < 4.78 is 72.3. The van der Waals surface area contributed by atoms with E-state index < -0.39 is 73.2 Å². The zero-order valence-corrected chi connectivity index (χ0v) is 36.8. The van der Waals surface area contributed by atoms with E-state index in [0.717, 1.165) is 68.8 Å². The van der Waals surface area contributed by atoms with Crippen LogP contribution in [-0.4, -0.2) is 97.5 Å². The van der Waals surface area contributed by atoms with Crippen LogP contribution in [0.1, 0.15) is 102 Å². The lowest BCUT2D eigenvalue weighted by Gasteiger charge is -2.46. The van der Waals surface area contributed by atoms with Crippen molar-refractivity contribution in [3.05, 3.63) is 34.7 Å². The largest absolute Gasteiger partial charge is 0.438 e. The van der Waals surface area contributed by atoms with Crippen LogP contribution in [-0.2, 0) is 52.7 Å². The Kier molecular flexibility index (Phi) is 12.6. The highest BCUT2D eigenvalue weighted by Crippen LogP contribution is 2.67. The number of hydrogen-bond acceptors (Lipinski definition) is 12. The molecule has 1 saturated carbocycles. The Morgan fingerprint density at radius 2 is 1.45 bits per heavy atom. The minimum Gasteiger partial charge on any atom is -0.438 e. The summed E-state index contributed by atoms with van der Waals surface area (Å²) in [6.45, 7) is 9.82. The van der Waals surface area contributed by atoms with E-state index >= 15 is 8.78 Å². The summed E-state index contributed by atoms with van der Waals surface area (Å²) in [5.74, 6) is -0.763. The molecule has 330 valence electrons. The number of nitrogens with zero attached hydrogens (tertiary/aromatic N) is 2. The molecule has 0 unspecified atom stereocenters. The fraction of sp³-hybridized carbons (Fsp3) is 0.690. The SMILES string of the molecule is CC(C)(C)C(=O)OCOP(=O)(OCOC(=O)C(C)(C)C)C(F)(F)c1ccc2sc(C(=O)N[C@H]3C[C@@H]4C[C@@H]4C[C@H]4CC[C@@H](C(=O)N5CC(C6CCOCC6)C5)N4C3=O)cc2c1. The van der Waals surface area contributed by atoms with Crippen molar-refractivity contribution in [2.75, 3.05) is 39.9 Å². The van der Waals surface area contributed by atoms with Crippen LogP contribution >= 0.6 is 18.9 Å². The molecule has 1 N–H and O–H groups in total. The van der Waals surface area contributed by atoms with Gasteiger partial charge in [0.2, 0.25) is 25.4 Å². The van der Waals surface area contributed by atoms with Gasteiger partial charge in [0.1, 0.15) is 12.1 Å². The van der Waals surface area contributed by atoms with E-state index in [1.54, 1.807) is 4.90 Å². The van der Waals surface area contributed by atoms with Gasteiger partial charge in [0.25, 0.3) is 5.91 Å². The van der Waals surface area contributed by atoms with Gasteiger partial charge in [-0.2, -0.15) is 8.78 Å². The third-order valence-corrected chi connectivity index (χ3v) is 15.4. The first-order valence-corrected chi connectivity index (χ1v) is 23.2. The summed E-state index contributed by atoms with van der Waals surface area (Å²) in [5, 5.41) is 3.15. The molecular formula is C42H56F2N3O11PS. The van der Waals surface area contributed by atoms with E-state index in [-0.39, 0.29) is 34.0 Å². The summed E-state index contributed by atoms with van der Waals surface area (Å²) in [6.07, 6.45) is 5.58. The molecule has 3 amide bonds. The summed E-state index contributed by atoms with van der Waals surface area (Å²) in [6, 6.07) is 3.31. The van der Waals surface area contributed by atoms with Crippen molar-refractivity contribution < 1.29 is 60.6 Å². The van der Waals surface area contributed by atoms with Gasteiger partial charge >= 0.3 is 25.2 Å². The molecule has 1 aromatic carbocycles. The molecule has 5 aliphatic rings. The monoisotopic (exact) mass is 879 g/mol. The summed E-state index contributed by atoms with van der Waals surface area (Å²) in [4.78, 5) is 70.5. The second-order valence-corrected chi connectivity index (χ2v) is 22.1. The normalized spacial score (nSPS) is 25.5. The third-order valence-electron chi connectivity index (χ3n) is 12.5. The fourth-order valence-electron chi connectivity index (χ4n) is 8.68. The number of benzene rings is 1. The van der Waals surface area contributed by atoms with E-state index in [2.05, 4.69) is 5.32 Å². The molecule has 0 bridgehead atoms. The van der Waals surface area contributed by atoms with Crippen molar-refractivity contribution in [1.29, 1.82) is 0 Å². The number of nitrogens with one attached hydrogen (secondary N) is 1. The maximum Gasteiger partial charge on any atom is 0.410 e. The van der Waals surface area contributed by atoms with Crippen molar-refractivity contribution in [2.24, 2.45) is 34.5 Å². The van der Waals surface area contributed by atoms with Crippen molar-refractivity contribution in [1.82, 2.24) is 15.1 Å². The Morgan fingerprint density at radius 1 is 0.833 bits per heavy atom. The van der Waals surface area contributed by atoms with Crippen LogP contribution in [0.15, 0.2) is 24.3 Å².